The fourth-order valence-corrected chi connectivity index (χ4v) is 1.14. The van der Waals surface area contributed by atoms with Crippen LogP contribution in [-0.2, 0) is 0 Å². The first-order valence-electron chi connectivity index (χ1n) is 4.21. The molecule has 3 N–H and O–H groups in total. The molecule has 0 saturated heterocycles. The Hall–Kier alpha value is -0.995. The van der Waals surface area contributed by atoms with Gasteiger partial charge in [0.05, 0.1) is 0 Å². The van der Waals surface area contributed by atoms with Gasteiger partial charge in [0.25, 0.3) is 0 Å². The lowest BCUT2D eigenvalue weighted by molar-refractivity contribution is 0.419. The molecule has 1 aromatic rings. The first-order chi connectivity index (χ1) is 6.02. The molecule has 0 aliphatic heterocycles. The molecule has 0 saturated carbocycles. The molecule has 1 rings (SSSR count). The second-order valence-corrected chi connectivity index (χ2v) is 3.35. The lowest BCUT2D eigenvalue weighted by atomic mass is 9.78. The minimum Gasteiger partial charge on any atom is -0.508 e. The van der Waals surface area contributed by atoms with E-state index in [4.69, 9.17) is 10.0 Å². The molecule has 0 spiro atoms. The molecule has 0 unspecified atom stereocenters. The van der Waals surface area contributed by atoms with Crippen LogP contribution in [0, 0.1) is 0 Å². The Kier molecular flexibility index (Phi) is 2.96. The van der Waals surface area contributed by atoms with Crippen molar-refractivity contribution in [2.45, 2.75) is 19.8 Å². The van der Waals surface area contributed by atoms with E-state index in [1.165, 1.54) is 6.07 Å². The van der Waals surface area contributed by atoms with Crippen molar-refractivity contribution in [3.8, 4) is 5.75 Å². The Morgan fingerprint density at radius 1 is 1.23 bits per heavy atom. The van der Waals surface area contributed by atoms with Gasteiger partial charge in [-0.2, -0.15) is 0 Å². The Morgan fingerprint density at radius 3 is 2.31 bits per heavy atom. The molecule has 13 heavy (non-hydrogen) atoms. The highest BCUT2D eigenvalue weighted by atomic mass is 16.4. The summed E-state index contributed by atoms with van der Waals surface area (Å²) in [6, 6.07) is 4.85. The molecule has 70 valence electrons. The quantitative estimate of drug-likeness (QED) is 0.569. The summed E-state index contributed by atoms with van der Waals surface area (Å²) in [5, 5.41) is 27.1. The number of phenolic OH excluding ortho intramolecular Hbond substituents is 1. The molecule has 0 aromatic heterocycles. The van der Waals surface area contributed by atoms with Crippen molar-refractivity contribution < 1.29 is 15.2 Å². The first kappa shape index (κ1) is 10.1. The fraction of sp³-hybridized carbons (Fsp3) is 0.333. The summed E-state index contributed by atoms with van der Waals surface area (Å²) in [6.45, 7) is 4.00. The van der Waals surface area contributed by atoms with E-state index in [1.807, 2.05) is 13.8 Å². The monoisotopic (exact) mass is 180 g/mol. The summed E-state index contributed by atoms with van der Waals surface area (Å²) in [5.74, 6) is 0.220. The number of hydrogen-bond donors (Lipinski definition) is 3. The fourth-order valence-electron chi connectivity index (χ4n) is 1.14. The lowest BCUT2D eigenvalue weighted by Gasteiger charge is -2.09. The second kappa shape index (κ2) is 3.81. The van der Waals surface area contributed by atoms with Gasteiger partial charge in [0.1, 0.15) is 5.75 Å². The van der Waals surface area contributed by atoms with Crippen molar-refractivity contribution in [3.63, 3.8) is 0 Å². The number of phenols is 1. The van der Waals surface area contributed by atoms with Gasteiger partial charge in [-0.1, -0.05) is 26.0 Å². The summed E-state index contributed by atoms with van der Waals surface area (Å²) < 4.78 is 0. The molecule has 0 amide bonds. The van der Waals surface area contributed by atoms with E-state index in [1.54, 1.807) is 12.1 Å². The number of benzene rings is 1. The second-order valence-electron chi connectivity index (χ2n) is 3.35. The van der Waals surface area contributed by atoms with Gasteiger partial charge in [-0.3, -0.25) is 0 Å². The van der Waals surface area contributed by atoms with Crippen LogP contribution < -0.4 is 5.46 Å². The van der Waals surface area contributed by atoms with Crippen LogP contribution in [0.1, 0.15) is 25.3 Å². The number of rotatable bonds is 2. The SMILES string of the molecule is CC(C)c1ccc(O)c(B(O)O)c1. The maximum atomic E-state index is 9.27. The van der Waals surface area contributed by atoms with Crippen LogP contribution >= 0.6 is 0 Å². The Bertz CT molecular complexity index is 297. The van der Waals surface area contributed by atoms with E-state index in [0.29, 0.717) is 5.92 Å². The highest BCUT2D eigenvalue weighted by Crippen LogP contribution is 2.16. The van der Waals surface area contributed by atoms with Crippen molar-refractivity contribution >= 4 is 12.6 Å². The minimum atomic E-state index is -1.61. The van der Waals surface area contributed by atoms with Crippen molar-refractivity contribution in [2.24, 2.45) is 0 Å². The van der Waals surface area contributed by atoms with E-state index in [0.717, 1.165) is 5.56 Å². The average Bonchev–Trinajstić information content (AvgIpc) is 2.04. The zero-order chi connectivity index (χ0) is 10.0. The largest absolute Gasteiger partial charge is 0.508 e. The summed E-state index contributed by atoms with van der Waals surface area (Å²) in [7, 11) is -1.61. The normalized spacial score (nSPS) is 10.5. The van der Waals surface area contributed by atoms with Gasteiger partial charge < -0.3 is 15.2 Å². The lowest BCUT2D eigenvalue weighted by Crippen LogP contribution is -2.30. The molecule has 4 heteroatoms. The van der Waals surface area contributed by atoms with Gasteiger partial charge in [-0.05, 0) is 17.5 Å². The Balaban J connectivity index is 3.11. The molecule has 0 heterocycles. The molecular weight excluding hydrogens is 167 g/mol. The summed E-state index contributed by atoms with van der Waals surface area (Å²) in [4.78, 5) is 0. The highest BCUT2D eigenvalue weighted by Gasteiger charge is 2.16. The predicted molar refractivity (Wildman–Crippen MR) is 52.0 cm³/mol. The van der Waals surface area contributed by atoms with Crippen molar-refractivity contribution in [2.75, 3.05) is 0 Å². The van der Waals surface area contributed by atoms with Crippen LogP contribution in [0.25, 0.3) is 0 Å². The van der Waals surface area contributed by atoms with E-state index in [-0.39, 0.29) is 11.2 Å². The first-order valence-corrected chi connectivity index (χ1v) is 4.21. The van der Waals surface area contributed by atoms with Gasteiger partial charge in [-0.15, -0.1) is 0 Å². The zero-order valence-corrected chi connectivity index (χ0v) is 7.73. The van der Waals surface area contributed by atoms with E-state index in [9.17, 15) is 5.11 Å². The smallest absolute Gasteiger partial charge is 0.492 e. The van der Waals surface area contributed by atoms with Crippen LogP contribution in [0.2, 0.25) is 0 Å². The van der Waals surface area contributed by atoms with Crippen LogP contribution in [0.4, 0.5) is 0 Å². The topological polar surface area (TPSA) is 60.7 Å². The van der Waals surface area contributed by atoms with Gasteiger partial charge in [0.15, 0.2) is 0 Å². The van der Waals surface area contributed by atoms with Gasteiger partial charge in [0.2, 0.25) is 0 Å². The van der Waals surface area contributed by atoms with Gasteiger partial charge >= 0.3 is 7.12 Å². The summed E-state index contributed by atoms with van der Waals surface area (Å²) >= 11 is 0. The Labute approximate surface area is 77.8 Å². The molecule has 0 bridgehead atoms. The van der Waals surface area contributed by atoms with E-state index >= 15 is 0 Å². The van der Waals surface area contributed by atoms with Crippen LogP contribution in [0.5, 0.6) is 5.75 Å². The van der Waals surface area contributed by atoms with Crippen molar-refractivity contribution in [3.05, 3.63) is 23.8 Å². The van der Waals surface area contributed by atoms with E-state index < -0.39 is 7.12 Å². The third-order valence-corrected chi connectivity index (χ3v) is 2.00. The summed E-state index contributed by atoms with van der Waals surface area (Å²) in [6.07, 6.45) is 0. The predicted octanol–water partition coefficient (Wildman–Crippen LogP) is 0.195. The molecule has 1 aromatic carbocycles. The minimum absolute atomic E-state index is 0.0839. The molecule has 0 fully saturated rings. The maximum absolute atomic E-state index is 9.27. The molecular formula is C9H13BO3. The van der Waals surface area contributed by atoms with Crippen molar-refractivity contribution in [1.29, 1.82) is 0 Å². The zero-order valence-electron chi connectivity index (χ0n) is 7.73. The number of aromatic hydroxyl groups is 1. The van der Waals surface area contributed by atoms with Crippen LogP contribution in [-0.4, -0.2) is 22.3 Å². The van der Waals surface area contributed by atoms with Crippen LogP contribution in [0.15, 0.2) is 18.2 Å². The highest BCUT2D eigenvalue weighted by molar-refractivity contribution is 6.59. The summed E-state index contributed by atoms with van der Waals surface area (Å²) in [5.41, 5.74) is 1.13. The third-order valence-electron chi connectivity index (χ3n) is 2.00. The number of hydrogen-bond acceptors (Lipinski definition) is 3. The maximum Gasteiger partial charge on any atom is 0.492 e. The third kappa shape index (κ3) is 2.23. The van der Waals surface area contributed by atoms with E-state index in [2.05, 4.69) is 0 Å². The molecule has 0 aliphatic carbocycles. The molecule has 0 radical (unpaired) electrons. The molecule has 0 aliphatic rings. The Morgan fingerprint density at radius 2 is 1.85 bits per heavy atom. The molecule has 0 atom stereocenters. The average molecular weight is 180 g/mol. The standard InChI is InChI=1S/C9H13BO3/c1-6(2)7-3-4-9(11)8(5-7)10(12)13/h3-6,11-13H,1-2H3. The van der Waals surface area contributed by atoms with Crippen LogP contribution in [0.3, 0.4) is 0 Å². The van der Waals surface area contributed by atoms with Gasteiger partial charge in [-0.25, -0.2) is 0 Å². The van der Waals surface area contributed by atoms with Gasteiger partial charge in [0, 0.05) is 5.46 Å². The van der Waals surface area contributed by atoms with Crippen molar-refractivity contribution in [1.82, 2.24) is 0 Å². The molecule has 3 nitrogen and oxygen atoms in total.